The first-order chi connectivity index (χ1) is 14.6. The first-order valence-electron chi connectivity index (χ1n) is 10.9. The van der Waals surface area contributed by atoms with Gasteiger partial charge in [-0.3, -0.25) is 9.59 Å². The highest BCUT2D eigenvalue weighted by Gasteiger charge is 2.54. The van der Waals surface area contributed by atoms with Crippen molar-refractivity contribution in [3.8, 4) is 11.5 Å². The minimum Gasteiger partial charge on any atom is -0.504 e. The van der Waals surface area contributed by atoms with Crippen LogP contribution in [-0.4, -0.2) is 44.8 Å². The van der Waals surface area contributed by atoms with Crippen molar-refractivity contribution in [2.24, 2.45) is 17.3 Å². The Morgan fingerprint density at radius 1 is 1.23 bits per heavy atom. The van der Waals surface area contributed by atoms with E-state index in [4.69, 9.17) is 0 Å². The summed E-state index contributed by atoms with van der Waals surface area (Å²) in [4.78, 5) is 35.7. The van der Waals surface area contributed by atoms with Crippen molar-refractivity contribution < 1.29 is 29.7 Å². The number of nitrogens with one attached hydrogen (secondary N) is 1. The van der Waals surface area contributed by atoms with Crippen LogP contribution in [0.3, 0.4) is 0 Å². The summed E-state index contributed by atoms with van der Waals surface area (Å²) in [5, 5.41) is 33.0. The molecule has 3 aliphatic rings. The van der Waals surface area contributed by atoms with E-state index >= 15 is 0 Å². The fourth-order valence-electron chi connectivity index (χ4n) is 6.15. The highest BCUT2D eigenvalue weighted by Crippen LogP contribution is 2.61. The van der Waals surface area contributed by atoms with E-state index in [0.717, 1.165) is 48.6 Å². The number of carbonyl (C=O) groups excluding carboxylic acids is 2. The monoisotopic (exact) mass is 447 g/mol. The molecule has 5 atom stereocenters. The molecule has 1 amide bonds. The van der Waals surface area contributed by atoms with Crippen molar-refractivity contribution in [1.29, 1.82) is 0 Å². The number of carbonyl (C=O) groups is 3. The van der Waals surface area contributed by atoms with Gasteiger partial charge >= 0.3 is 5.97 Å². The highest BCUT2D eigenvalue weighted by molar-refractivity contribution is 7.99. The second-order valence-corrected chi connectivity index (χ2v) is 10.4. The minimum absolute atomic E-state index is 0.0317. The third kappa shape index (κ3) is 3.69. The van der Waals surface area contributed by atoms with Crippen LogP contribution in [0.1, 0.15) is 63.0 Å². The number of phenolic OH excluding ortho intramolecular Hbond substituents is 2. The Morgan fingerprint density at radius 2 is 1.97 bits per heavy atom. The van der Waals surface area contributed by atoms with E-state index in [1.165, 1.54) is 6.92 Å². The Kier molecular flexibility index (Phi) is 5.70. The summed E-state index contributed by atoms with van der Waals surface area (Å²) >= 11 is 1.11. The van der Waals surface area contributed by atoms with Gasteiger partial charge in [0.15, 0.2) is 11.5 Å². The second kappa shape index (κ2) is 8.04. The van der Waals surface area contributed by atoms with Crippen molar-refractivity contribution >= 4 is 29.4 Å². The number of fused-ring (bicyclic) bond motifs is 5. The molecule has 1 aromatic rings. The quantitative estimate of drug-likeness (QED) is 0.404. The van der Waals surface area contributed by atoms with E-state index < -0.39 is 17.9 Å². The zero-order valence-corrected chi connectivity index (χ0v) is 18.6. The Labute approximate surface area is 185 Å². The molecule has 31 heavy (non-hydrogen) atoms. The summed E-state index contributed by atoms with van der Waals surface area (Å²) in [6.07, 6.45) is 4.84. The molecule has 0 aromatic heterocycles. The van der Waals surface area contributed by atoms with Crippen molar-refractivity contribution in [2.75, 3.05) is 5.75 Å². The molecule has 2 saturated carbocycles. The van der Waals surface area contributed by atoms with E-state index in [2.05, 4.69) is 12.2 Å². The average molecular weight is 448 g/mol. The lowest BCUT2D eigenvalue weighted by Gasteiger charge is -2.48. The molecule has 0 bridgehead atoms. The summed E-state index contributed by atoms with van der Waals surface area (Å²) in [6.45, 7) is 3.37. The molecule has 4 rings (SSSR count). The summed E-state index contributed by atoms with van der Waals surface area (Å²) < 4.78 is 0. The first kappa shape index (κ1) is 22.0. The van der Waals surface area contributed by atoms with Gasteiger partial charge in [-0.2, -0.15) is 0 Å². The largest absolute Gasteiger partial charge is 0.504 e. The number of phenols is 2. The van der Waals surface area contributed by atoms with Crippen LogP contribution in [0, 0.1) is 17.3 Å². The van der Waals surface area contributed by atoms with Crippen molar-refractivity contribution in [2.45, 2.75) is 69.2 Å². The van der Waals surface area contributed by atoms with Gasteiger partial charge in [-0.15, -0.1) is 11.8 Å². The SMILES string of the molecule is CC(=O)N[C@H](CSc1cc2c(c(O)c1O)CC[C@@H]1[C@@H]2CC[C@]2(C)C(=O)CC[C@@H]12)C(=O)O. The number of thioether (sulfide) groups is 1. The molecule has 0 spiro atoms. The maximum absolute atomic E-state index is 12.5. The molecule has 2 fully saturated rings. The Morgan fingerprint density at radius 3 is 2.65 bits per heavy atom. The fraction of sp³-hybridized carbons (Fsp3) is 0.609. The molecule has 0 aliphatic heterocycles. The maximum atomic E-state index is 12.5. The zero-order valence-electron chi connectivity index (χ0n) is 17.8. The van der Waals surface area contributed by atoms with Gasteiger partial charge in [0.2, 0.25) is 5.91 Å². The molecule has 1 aromatic carbocycles. The molecule has 4 N–H and O–H groups in total. The van der Waals surface area contributed by atoms with E-state index in [9.17, 15) is 29.7 Å². The Bertz CT molecular complexity index is 946. The van der Waals surface area contributed by atoms with Crippen molar-refractivity contribution in [3.63, 3.8) is 0 Å². The second-order valence-electron chi connectivity index (χ2n) is 9.38. The smallest absolute Gasteiger partial charge is 0.327 e. The van der Waals surface area contributed by atoms with E-state index in [1.807, 2.05) is 6.07 Å². The number of carboxylic acids is 1. The third-order valence-corrected chi connectivity index (χ3v) is 8.86. The van der Waals surface area contributed by atoms with Crippen LogP contribution in [0.25, 0.3) is 0 Å². The number of hydrogen-bond donors (Lipinski definition) is 4. The van der Waals surface area contributed by atoms with E-state index in [1.54, 1.807) is 0 Å². The van der Waals surface area contributed by atoms with Gasteiger partial charge in [0, 0.05) is 30.1 Å². The summed E-state index contributed by atoms with van der Waals surface area (Å²) in [6, 6.07) is 0.797. The predicted molar refractivity (Wildman–Crippen MR) is 115 cm³/mol. The van der Waals surface area contributed by atoms with Crippen molar-refractivity contribution in [1.82, 2.24) is 5.32 Å². The standard InChI is InChI=1S/C23H29NO6S/c1-11(25)24-17(22(29)30)10-31-18-9-15-12-7-8-23(2)16(5-6-19(23)26)13(12)3-4-14(15)20(27)21(18)28/h9,12-13,16-17,27-28H,3-8,10H2,1-2H3,(H,24,25)(H,29,30)/t12-,13+,16-,17+,23-/m0/s1. The molecule has 8 heteroatoms. The first-order valence-corrected chi connectivity index (χ1v) is 11.9. The van der Waals surface area contributed by atoms with Gasteiger partial charge in [-0.05, 0) is 61.5 Å². The molecular formula is C23H29NO6S. The molecule has 168 valence electrons. The normalized spacial score (nSPS) is 30.1. The Balaban J connectivity index is 1.62. The van der Waals surface area contributed by atoms with Gasteiger partial charge in [0.05, 0.1) is 4.90 Å². The number of aromatic hydroxyl groups is 2. The lowest BCUT2D eigenvalue weighted by molar-refractivity contribution is -0.140. The predicted octanol–water partition coefficient (Wildman–Crippen LogP) is 3.20. The van der Waals surface area contributed by atoms with Crippen LogP contribution < -0.4 is 5.32 Å². The zero-order chi connectivity index (χ0) is 22.5. The number of hydrogen-bond acceptors (Lipinski definition) is 6. The lowest BCUT2D eigenvalue weighted by Crippen LogP contribution is -2.42. The van der Waals surface area contributed by atoms with Gasteiger partial charge in [0.25, 0.3) is 0 Å². The number of aliphatic carboxylic acids is 1. The lowest BCUT2D eigenvalue weighted by atomic mass is 9.55. The highest BCUT2D eigenvalue weighted by atomic mass is 32.2. The molecule has 0 heterocycles. The minimum atomic E-state index is -1.15. The van der Waals surface area contributed by atoms with Crippen LogP contribution in [-0.2, 0) is 20.8 Å². The van der Waals surface area contributed by atoms with Crippen molar-refractivity contribution in [3.05, 3.63) is 17.2 Å². The molecule has 7 nitrogen and oxygen atoms in total. The van der Waals surface area contributed by atoms with Crippen LogP contribution in [0.4, 0.5) is 0 Å². The molecule has 3 aliphatic carbocycles. The summed E-state index contributed by atoms with van der Waals surface area (Å²) in [5.41, 5.74) is 1.55. The Hall–Kier alpha value is -2.22. The number of benzene rings is 1. The topological polar surface area (TPSA) is 124 Å². The fourth-order valence-corrected chi connectivity index (χ4v) is 7.16. The maximum Gasteiger partial charge on any atom is 0.327 e. The van der Waals surface area contributed by atoms with Gasteiger partial charge in [-0.25, -0.2) is 4.79 Å². The number of carboxylic acid groups (broad SMARTS) is 1. The number of Topliss-reactive ketones (excluding diaryl/α,β-unsaturated/α-hetero) is 1. The number of rotatable bonds is 5. The number of amides is 1. The average Bonchev–Trinajstić information content (AvgIpc) is 3.02. The van der Waals surface area contributed by atoms with Crippen LogP contribution in [0.5, 0.6) is 11.5 Å². The van der Waals surface area contributed by atoms with E-state index in [0.29, 0.717) is 35.4 Å². The molecule has 0 radical (unpaired) electrons. The van der Waals surface area contributed by atoms with Gasteiger partial charge in [-0.1, -0.05) is 6.92 Å². The van der Waals surface area contributed by atoms with Crippen LogP contribution in [0.15, 0.2) is 11.0 Å². The third-order valence-electron chi connectivity index (χ3n) is 7.73. The summed E-state index contributed by atoms with van der Waals surface area (Å²) in [7, 11) is 0. The van der Waals surface area contributed by atoms with Crippen LogP contribution >= 0.6 is 11.8 Å². The van der Waals surface area contributed by atoms with Gasteiger partial charge in [0.1, 0.15) is 11.8 Å². The molecule has 0 saturated heterocycles. The van der Waals surface area contributed by atoms with E-state index in [-0.39, 0.29) is 28.6 Å². The molecular weight excluding hydrogens is 418 g/mol. The number of ketones is 1. The molecule has 0 unspecified atom stereocenters. The van der Waals surface area contributed by atoms with Crippen LogP contribution in [0.2, 0.25) is 0 Å². The summed E-state index contributed by atoms with van der Waals surface area (Å²) in [5.74, 6) is -0.573. The van der Waals surface area contributed by atoms with Gasteiger partial charge < -0.3 is 20.6 Å².